The fourth-order valence-corrected chi connectivity index (χ4v) is 2.86. The van der Waals surface area contributed by atoms with E-state index < -0.39 is 0 Å². The summed E-state index contributed by atoms with van der Waals surface area (Å²) in [5, 5.41) is 3.41. The lowest BCUT2D eigenvalue weighted by Gasteiger charge is -2.03. The van der Waals surface area contributed by atoms with E-state index in [1.807, 2.05) is 42.5 Å². The predicted octanol–water partition coefficient (Wildman–Crippen LogP) is 5.47. The Kier molecular flexibility index (Phi) is 2.98. The van der Waals surface area contributed by atoms with Gasteiger partial charge in [-0.25, -0.2) is 0 Å². The first-order chi connectivity index (χ1) is 10.7. The first-order valence-corrected chi connectivity index (χ1v) is 7.32. The molecular formula is C19H11ClO2. The number of benzene rings is 3. The van der Waals surface area contributed by atoms with Crippen molar-refractivity contribution < 1.29 is 9.21 Å². The Balaban J connectivity index is 1.88. The summed E-state index contributed by atoms with van der Waals surface area (Å²) in [5.74, 6) is 0.206. The number of carbonyl (C=O) groups is 1. The van der Waals surface area contributed by atoms with Crippen LogP contribution in [0.3, 0.4) is 0 Å². The molecule has 4 aromatic rings. The summed E-state index contributed by atoms with van der Waals surface area (Å²) in [6.45, 7) is 0. The third-order valence-corrected chi connectivity index (χ3v) is 3.97. The van der Waals surface area contributed by atoms with Crippen molar-refractivity contribution in [3.8, 4) is 0 Å². The van der Waals surface area contributed by atoms with Gasteiger partial charge in [-0.1, -0.05) is 54.1 Å². The summed E-state index contributed by atoms with van der Waals surface area (Å²) in [4.78, 5) is 12.8. The molecule has 0 aliphatic carbocycles. The lowest BCUT2D eigenvalue weighted by atomic mass is 10.0. The Morgan fingerprint density at radius 1 is 0.864 bits per heavy atom. The van der Waals surface area contributed by atoms with Gasteiger partial charge in [0.05, 0.1) is 0 Å². The maximum absolute atomic E-state index is 12.8. The number of halogens is 1. The van der Waals surface area contributed by atoms with Gasteiger partial charge in [0.15, 0.2) is 5.76 Å². The van der Waals surface area contributed by atoms with E-state index in [2.05, 4.69) is 0 Å². The number of furan rings is 1. The minimum atomic E-state index is -0.121. The van der Waals surface area contributed by atoms with Crippen LogP contribution in [0, 0.1) is 0 Å². The fourth-order valence-electron chi connectivity index (χ4n) is 2.68. The van der Waals surface area contributed by atoms with E-state index in [4.69, 9.17) is 16.0 Å². The maximum atomic E-state index is 12.8. The van der Waals surface area contributed by atoms with Crippen molar-refractivity contribution in [1.82, 2.24) is 0 Å². The largest absolute Gasteiger partial charge is 0.453 e. The van der Waals surface area contributed by atoms with Crippen LogP contribution >= 0.6 is 11.6 Å². The molecule has 22 heavy (non-hydrogen) atoms. The fraction of sp³-hybridized carbons (Fsp3) is 0. The molecule has 1 aromatic heterocycles. The van der Waals surface area contributed by atoms with Crippen molar-refractivity contribution >= 4 is 39.1 Å². The summed E-state index contributed by atoms with van der Waals surface area (Å²) in [7, 11) is 0. The van der Waals surface area contributed by atoms with Gasteiger partial charge in [-0.15, -0.1) is 0 Å². The third kappa shape index (κ3) is 2.09. The number of fused-ring (bicyclic) bond motifs is 2. The highest BCUT2D eigenvalue weighted by molar-refractivity contribution is 6.31. The molecule has 0 saturated carbocycles. The monoisotopic (exact) mass is 306 g/mol. The standard InChI is InChI=1S/C19H11ClO2/c20-14-8-9-17-13(10-14)11-18(22-17)19(21)16-7-3-5-12-4-1-2-6-15(12)16/h1-11H. The Morgan fingerprint density at radius 3 is 2.59 bits per heavy atom. The van der Waals surface area contributed by atoms with Crippen molar-refractivity contribution in [2.75, 3.05) is 0 Å². The minimum absolute atomic E-state index is 0.121. The van der Waals surface area contributed by atoms with Gasteiger partial charge < -0.3 is 4.42 Å². The van der Waals surface area contributed by atoms with Crippen LogP contribution in [0.4, 0.5) is 0 Å². The highest BCUT2D eigenvalue weighted by atomic mass is 35.5. The SMILES string of the molecule is O=C(c1cc2cc(Cl)ccc2o1)c1cccc2ccccc12. The average molecular weight is 307 g/mol. The maximum Gasteiger partial charge on any atom is 0.228 e. The molecule has 0 N–H and O–H groups in total. The van der Waals surface area contributed by atoms with Gasteiger partial charge in [0.2, 0.25) is 5.78 Å². The van der Waals surface area contributed by atoms with Gasteiger partial charge in [0, 0.05) is 16.0 Å². The van der Waals surface area contributed by atoms with Crippen LogP contribution in [0.15, 0.2) is 71.1 Å². The molecule has 0 amide bonds. The zero-order chi connectivity index (χ0) is 15.1. The molecule has 0 saturated heterocycles. The van der Waals surface area contributed by atoms with Gasteiger partial charge in [-0.05, 0) is 35.0 Å². The first kappa shape index (κ1) is 13.1. The van der Waals surface area contributed by atoms with Crippen LogP contribution in [0.25, 0.3) is 21.7 Å². The summed E-state index contributed by atoms with van der Waals surface area (Å²) < 4.78 is 5.68. The molecule has 0 aliphatic heterocycles. The summed E-state index contributed by atoms with van der Waals surface area (Å²) in [6.07, 6.45) is 0. The Hall–Kier alpha value is -2.58. The number of hydrogen-bond donors (Lipinski definition) is 0. The molecule has 0 spiro atoms. The van der Waals surface area contributed by atoms with Crippen LogP contribution in [-0.2, 0) is 0 Å². The predicted molar refractivity (Wildman–Crippen MR) is 88.6 cm³/mol. The van der Waals surface area contributed by atoms with E-state index in [1.54, 1.807) is 24.3 Å². The molecule has 4 rings (SSSR count). The molecule has 0 atom stereocenters. The molecular weight excluding hydrogens is 296 g/mol. The molecule has 2 nitrogen and oxygen atoms in total. The molecule has 3 heteroatoms. The number of hydrogen-bond acceptors (Lipinski definition) is 2. The van der Waals surface area contributed by atoms with Gasteiger partial charge in [0.1, 0.15) is 5.58 Å². The Bertz CT molecular complexity index is 1010. The lowest BCUT2D eigenvalue weighted by Crippen LogP contribution is -2.00. The van der Waals surface area contributed by atoms with Crippen molar-refractivity contribution in [2.45, 2.75) is 0 Å². The topological polar surface area (TPSA) is 30.2 Å². The van der Waals surface area contributed by atoms with Crippen LogP contribution in [0.1, 0.15) is 16.1 Å². The van der Waals surface area contributed by atoms with Crippen molar-refractivity contribution in [1.29, 1.82) is 0 Å². The lowest BCUT2D eigenvalue weighted by molar-refractivity contribution is 0.101. The van der Waals surface area contributed by atoms with Crippen molar-refractivity contribution in [3.05, 3.63) is 83.1 Å². The zero-order valence-corrected chi connectivity index (χ0v) is 12.3. The molecule has 0 aliphatic rings. The van der Waals surface area contributed by atoms with Crippen LogP contribution in [0.2, 0.25) is 5.02 Å². The number of carbonyl (C=O) groups excluding carboxylic acids is 1. The number of rotatable bonds is 2. The van der Waals surface area contributed by atoms with E-state index in [-0.39, 0.29) is 5.78 Å². The highest BCUT2D eigenvalue weighted by Gasteiger charge is 2.16. The molecule has 0 bridgehead atoms. The Morgan fingerprint density at radius 2 is 1.68 bits per heavy atom. The molecule has 0 radical (unpaired) electrons. The summed E-state index contributed by atoms with van der Waals surface area (Å²) in [5.41, 5.74) is 1.30. The number of ketones is 1. The first-order valence-electron chi connectivity index (χ1n) is 6.94. The van der Waals surface area contributed by atoms with E-state index >= 15 is 0 Å². The molecule has 3 aromatic carbocycles. The van der Waals surface area contributed by atoms with Crippen molar-refractivity contribution in [3.63, 3.8) is 0 Å². The second-order valence-electron chi connectivity index (χ2n) is 5.15. The van der Waals surface area contributed by atoms with E-state index in [9.17, 15) is 4.79 Å². The second-order valence-corrected chi connectivity index (χ2v) is 5.59. The van der Waals surface area contributed by atoms with E-state index in [0.29, 0.717) is 21.9 Å². The third-order valence-electron chi connectivity index (χ3n) is 3.74. The molecule has 1 heterocycles. The smallest absolute Gasteiger partial charge is 0.228 e. The van der Waals surface area contributed by atoms with E-state index in [1.165, 1.54) is 0 Å². The summed E-state index contributed by atoms with van der Waals surface area (Å²) >= 11 is 5.98. The van der Waals surface area contributed by atoms with Gasteiger partial charge in [0.25, 0.3) is 0 Å². The van der Waals surface area contributed by atoms with Gasteiger partial charge in [-0.3, -0.25) is 4.79 Å². The Labute approximate surface area is 131 Å². The average Bonchev–Trinajstić information content (AvgIpc) is 2.96. The highest BCUT2D eigenvalue weighted by Crippen LogP contribution is 2.27. The van der Waals surface area contributed by atoms with E-state index in [0.717, 1.165) is 16.2 Å². The zero-order valence-electron chi connectivity index (χ0n) is 11.5. The second kappa shape index (κ2) is 5.00. The normalized spacial score (nSPS) is 11.1. The van der Waals surface area contributed by atoms with Crippen LogP contribution in [-0.4, -0.2) is 5.78 Å². The quantitative estimate of drug-likeness (QED) is 0.460. The molecule has 0 unspecified atom stereocenters. The van der Waals surface area contributed by atoms with Crippen LogP contribution in [0.5, 0.6) is 0 Å². The minimum Gasteiger partial charge on any atom is -0.453 e. The van der Waals surface area contributed by atoms with Crippen LogP contribution < -0.4 is 0 Å². The molecule has 0 fully saturated rings. The summed E-state index contributed by atoms with van der Waals surface area (Å²) in [6, 6.07) is 20.6. The van der Waals surface area contributed by atoms with Crippen molar-refractivity contribution in [2.24, 2.45) is 0 Å². The van der Waals surface area contributed by atoms with Gasteiger partial charge >= 0.3 is 0 Å². The van der Waals surface area contributed by atoms with Gasteiger partial charge in [-0.2, -0.15) is 0 Å². The molecule has 106 valence electrons.